The fraction of sp³-hybridized carbons (Fsp3) is 0.700. The average Bonchev–Trinajstić information content (AvgIpc) is 2.68. The van der Waals surface area contributed by atoms with E-state index in [0.29, 0.717) is 6.04 Å². The number of nitrogens with zero attached hydrogens (tertiary/aromatic N) is 3. The van der Waals surface area contributed by atoms with Crippen LogP contribution < -0.4 is 15.5 Å². The van der Waals surface area contributed by atoms with Gasteiger partial charge in [0.15, 0.2) is 5.96 Å². The molecular formula is C20H34IN5S. The summed E-state index contributed by atoms with van der Waals surface area (Å²) in [5.74, 6) is 5.48. The molecule has 1 aromatic heterocycles. The van der Waals surface area contributed by atoms with E-state index in [2.05, 4.69) is 64.3 Å². The normalized spacial score (nSPS) is 19.5. The van der Waals surface area contributed by atoms with Crippen molar-refractivity contribution in [3.8, 4) is 0 Å². The van der Waals surface area contributed by atoms with E-state index >= 15 is 0 Å². The van der Waals surface area contributed by atoms with Gasteiger partial charge in [0.05, 0.1) is 0 Å². The molecule has 0 bridgehead atoms. The first-order valence-electron chi connectivity index (χ1n) is 10.1. The van der Waals surface area contributed by atoms with Crippen molar-refractivity contribution in [1.82, 2.24) is 15.6 Å². The van der Waals surface area contributed by atoms with Gasteiger partial charge in [0, 0.05) is 37.9 Å². The van der Waals surface area contributed by atoms with Gasteiger partial charge in [0.2, 0.25) is 0 Å². The molecule has 0 aliphatic carbocycles. The third kappa shape index (κ3) is 7.33. The number of halogens is 1. The van der Waals surface area contributed by atoms with Crippen LogP contribution in [0.3, 0.4) is 0 Å². The van der Waals surface area contributed by atoms with Crippen LogP contribution in [0.2, 0.25) is 0 Å². The summed E-state index contributed by atoms with van der Waals surface area (Å²) in [6.45, 7) is 8.17. The Balaban J connectivity index is 0.00000261. The van der Waals surface area contributed by atoms with Crippen molar-refractivity contribution in [2.24, 2.45) is 10.9 Å². The molecular weight excluding hydrogens is 469 g/mol. The van der Waals surface area contributed by atoms with Gasteiger partial charge in [0.1, 0.15) is 5.82 Å². The zero-order valence-electron chi connectivity index (χ0n) is 16.6. The third-order valence-electron chi connectivity index (χ3n) is 5.23. The first-order valence-corrected chi connectivity index (χ1v) is 11.2. The fourth-order valence-electron chi connectivity index (χ4n) is 3.62. The van der Waals surface area contributed by atoms with Gasteiger partial charge in [0.25, 0.3) is 0 Å². The van der Waals surface area contributed by atoms with Gasteiger partial charge in [-0.3, -0.25) is 4.99 Å². The minimum absolute atomic E-state index is 0. The predicted octanol–water partition coefficient (Wildman–Crippen LogP) is 3.68. The van der Waals surface area contributed by atoms with Crippen molar-refractivity contribution in [2.45, 2.75) is 45.6 Å². The van der Waals surface area contributed by atoms with Crippen molar-refractivity contribution in [3.63, 3.8) is 0 Å². The lowest BCUT2D eigenvalue weighted by atomic mass is 10.0. The summed E-state index contributed by atoms with van der Waals surface area (Å²) in [5.41, 5.74) is 1.09. The third-order valence-corrected chi connectivity index (χ3v) is 6.27. The molecule has 2 aliphatic heterocycles. The number of piperidine rings is 1. The van der Waals surface area contributed by atoms with E-state index in [9.17, 15) is 0 Å². The summed E-state index contributed by atoms with van der Waals surface area (Å²) in [7, 11) is 0. The highest BCUT2D eigenvalue weighted by atomic mass is 127. The highest BCUT2D eigenvalue weighted by Gasteiger charge is 2.21. The molecule has 2 N–H and O–H groups in total. The van der Waals surface area contributed by atoms with E-state index in [-0.39, 0.29) is 24.0 Å². The maximum absolute atomic E-state index is 4.88. The number of pyridine rings is 1. The summed E-state index contributed by atoms with van der Waals surface area (Å²) in [6, 6.07) is 6.77. The first-order chi connectivity index (χ1) is 12.7. The largest absolute Gasteiger partial charge is 0.357 e. The number of anilines is 1. The molecule has 7 heteroatoms. The molecule has 5 nitrogen and oxygen atoms in total. The molecule has 3 rings (SSSR count). The van der Waals surface area contributed by atoms with Crippen molar-refractivity contribution in [2.75, 3.05) is 42.6 Å². The van der Waals surface area contributed by atoms with Gasteiger partial charge in [-0.1, -0.05) is 6.07 Å². The number of guanidine groups is 1. The smallest absolute Gasteiger partial charge is 0.191 e. The summed E-state index contributed by atoms with van der Waals surface area (Å²) >= 11 is 2.08. The SMILES string of the molecule is CCNC(=NCC1CCSCC1)NC1CCN(c2cccc(C)n2)CC1.I. The van der Waals surface area contributed by atoms with Crippen molar-refractivity contribution in [3.05, 3.63) is 23.9 Å². The molecule has 0 spiro atoms. The zero-order chi connectivity index (χ0) is 18.2. The van der Waals surface area contributed by atoms with E-state index in [1.165, 1.54) is 24.3 Å². The Kier molecular flexibility index (Phi) is 10.0. The van der Waals surface area contributed by atoms with Crippen LogP contribution in [0.15, 0.2) is 23.2 Å². The van der Waals surface area contributed by atoms with Crippen molar-refractivity contribution in [1.29, 1.82) is 0 Å². The lowest BCUT2D eigenvalue weighted by Crippen LogP contribution is -2.49. The van der Waals surface area contributed by atoms with Gasteiger partial charge in [-0.15, -0.1) is 24.0 Å². The Hall–Kier alpha value is -0.700. The van der Waals surface area contributed by atoms with E-state index in [1.807, 2.05) is 0 Å². The Morgan fingerprint density at radius 2 is 1.96 bits per heavy atom. The van der Waals surface area contributed by atoms with Crippen LogP contribution in [-0.2, 0) is 0 Å². The molecule has 2 saturated heterocycles. The van der Waals surface area contributed by atoms with Gasteiger partial charge in [-0.05, 0) is 69.1 Å². The molecule has 0 saturated carbocycles. The number of thioether (sulfide) groups is 1. The summed E-state index contributed by atoms with van der Waals surface area (Å²) in [6.07, 6.45) is 4.88. The second kappa shape index (κ2) is 12.0. The van der Waals surface area contributed by atoms with Gasteiger partial charge < -0.3 is 15.5 Å². The molecule has 2 fully saturated rings. The molecule has 0 aromatic carbocycles. The zero-order valence-corrected chi connectivity index (χ0v) is 19.8. The highest BCUT2D eigenvalue weighted by molar-refractivity contribution is 14.0. The molecule has 0 amide bonds. The second-order valence-corrected chi connectivity index (χ2v) is 8.54. The molecule has 3 heterocycles. The fourth-order valence-corrected chi connectivity index (χ4v) is 4.82. The standard InChI is InChI=1S/C20H33N5S.HI/c1-3-21-20(22-15-17-9-13-26-14-10-17)24-18-7-11-25(12-8-18)19-6-4-5-16(2)23-19;/h4-6,17-18H,3,7-15H2,1-2H3,(H2,21,22,24);1H. The van der Waals surface area contributed by atoms with Crippen LogP contribution in [0.25, 0.3) is 0 Å². The summed E-state index contributed by atoms with van der Waals surface area (Å²) < 4.78 is 0. The van der Waals surface area contributed by atoms with E-state index in [4.69, 9.17) is 4.99 Å². The molecule has 1 aromatic rings. The number of hydrogen-bond acceptors (Lipinski definition) is 4. The number of aryl methyl sites for hydroxylation is 1. The molecule has 152 valence electrons. The maximum Gasteiger partial charge on any atom is 0.191 e. The quantitative estimate of drug-likeness (QED) is 0.365. The average molecular weight is 503 g/mol. The van der Waals surface area contributed by atoms with Crippen LogP contribution >= 0.6 is 35.7 Å². The minimum Gasteiger partial charge on any atom is -0.357 e. The topological polar surface area (TPSA) is 52.6 Å². The molecule has 0 radical (unpaired) electrons. The Morgan fingerprint density at radius 3 is 2.63 bits per heavy atom. The van der Waals surface area contributed by atoms with Gasteiger partial charge in [-0.25, -0.2) is 4.98 Å². The summed E-state index contributed by atoms with van der Waals surface area (Å²) in [4.78, 5) is 11.9. The maximum atomic E-state index is 4.88. The Bertz CT molecular complexity index is 583. The number of rotatable bonds is 5. The monoisotopic (exact) mass is 503 g/mol. The van der Waals surface area contributed by atoms with E-state index in [1.54, 1.807) is 0 Å². The van der Waals surface area contributed by atoms with Gasteiger partial charge >= 0.3 is 0 Å². The van der Waals surface area contributed by atoms with Crippen molar-refractivity contribution < 1.29 is 0 Å². The second-order valence-electron chi connectivity index (χ2n) is 7.32. The van der Waals surface area contributed by atoms with Crippen LogP contribution in [0.1, 0.15) is 38.3 Å². The number of aromatic nitrogens is 1. The van der Waals surface area contributed by atoms with Gasteiger partial charge in [-0.2, -0.15) is 11.8 Å². The number of nitrogens with one attached hydrogen (secondary N) is 2. The lowest BCUT2D eigenvalue weighted by Gasteiger charge is -2.34. The van der Waals surface area contributed by atoms with E-state index in [0.717, 1.165) is 62.4 Å². The first kappa shape index (κ1) is 22.6. The number of aliphatic imine (C=N–C) groups is 1. The van der Waals surface area contributed by atoms with Crippen LogP contribution in [-0.4, -0.2) is 54.7 Å². The molecule has 2 aliphatic rings. The van der Waals surface area contributed by atoms with Crippen LogP contribution in [0, 0.1) is 12.8 Å². The Morgan fingerprint density at radius 1 is 1.22 bits per heavy atom. The summed E-state index contributed by atoms with van der Waals surface area (Å²) in [5, 5.41) is 7.09. The predicted molar refractivity (Wildman–Crippen MR) is 129 cm³/mol. The Labute approximate surface area is 185 Å². The van der Waals surface area contributed by atoms with Crippen LogP contribution in [0.4, 0.5) is 5.82 Å². The number of hydrogen-bond donors (Lipinski definition) is 2. The molecule has 0 atom stereocenters. The van der Waals surface area contributed by atoms with Crippen LogP contribution in [0.5, 0.6) is 0 Å². The van der Waals surface area contributed by atoms with Crippen molar-refractivity contribution >= 4 is 47.5 Å². The lowest BCUT2D eigenvalue weighted by molar-refractivity contribution is 0.456. The highest BCUT2D eigenvalue weighted by Crippen LogP contribution is 2.23. The molecule has 27 heavy (non-hydrogen) atoms. The van der Waals surface area contributed by atoms with E-state index < -0.39 is 0 Å². The minimum atomic E-state index is 0. The molecule has 0 unspecified atom stereocenters.